The lowest BCUT2D eigenvalue weighted by atomic mass is 9.85. The molecule has 0 aromatic heterocycles. The molecule has 1 aromatic carbocycles. The summed E-state index contributed by atoms with van der Waals surface area (Å²) >= 11 is 0. The molecule has 1 fully saturated rings. The summed E-state index contributed by atoms with van der Waals surface area (Å²) in [5.74, 6) is 1.41. The molecule has 3 N–H and O–H groups in total. The SMILES string of the molecule is C/C(=C\CC/C(C)=C/CC[C@]1(C)CCc2c(CN3CCN(C)CC3)c(O)cc(C)c2O1)CCC=C(CO)CO. The fourth-order valence-corrected chi connectivity index (χ4v) is 5.62. The van der Waals surface area contributed by atoms with E-state index in [0.717, 1.165) is 101 Å². The zero-order valence-electron chi connectivity index (χ0n) is 25.1. The largest absolute Gasteiger partial charge is 0.508 e. The van der Waals surface area contributed by atoms with Crippen LogP contribution < -0.4 is 4.74 Å². The maximum atomic E-state index is 10.8. The third kappa shape index (κ3) is 9.49. The van der Waals surface area contributed by atoms with Gasteiger partial charge in [-0.1, -0.05) is 29.4 Å². The molecule has 6 nitrogen and oxygen atoms in total. The summed E-state index contributed by atoms with van der Waals surface area (Å²) in [6.07, 6.45) is 14.4. The number of hydrogen-bond acceptors (Lipinski definition) is 6. The van der Waals surface area contributed by atoms with E-state index < -0.39 is 0 Å². The van der Waals surface area contributed by atoms with Crippen molar-refractivity contribution < 1.29 is 20.1 Å². The van der Waals surface area contributed by atoms with Gasteiger partial charge in [-0.2, -0.15) is 0 Å². The molecule has 0 bridgehead atoms. The molecule has 0 unspecified atom stereocenters. The molecule has 3 rings (SSSR count). The number of benzene rings is 1. The third-order valence-corrected chi connectivity index (χ3v) is 8.46. The molecule has 1 saturated heterocycles. The second-order valence-electron chi connectivity index (χ2n) is 12.0. The van der Waals surface area contributed by atoms with Crippen molar-refractivity contribution in [3.8, 4) is 11.5 Å². The molecule has 0 amide bonds. The van der Waals surface area contributed by atoms with E-state index in [1.54, 1.807) is 0 Å². The van der Waals surface area contributed by atoms with Crippen molar-refractivity contribution in [2.24, 2.45) is 0 Å². The number of phenolic OH excluding ortho intramolecular Hbond substituents is 1. The Morgan fingerprint density at radius 2 is 1.59 bits per heavy atom. The molecule has 0 saturated carbocycles. The molecule has 0 aliphatic carbocycles. The van der Waals surface area contributed by atoms with Crippen molar-refractivity contribution in [1.29, 1.82) is 0 Å². The summed E-state index contributed by atoms with van der Waals surface area (Å²) in [5.41, 5.74) is 6.56. The summed E-state index contributed by atoms with van der Waals surface area (Å²) < 4.78 is 6.70. The number of ether oxygens (including phenoxy) is 1. The quantitative estimate of drug-likeness (QED) is 0.280. The highest BCUT2D eigenvalue weighted by atomic mass is 16.5. The molecule has 39 heavy (non-hydrogen) atoms. The summed E-state index contributed by atoms with van der Waals surface area (Å²) in [5, 5.41) is 29.1. The average molecular weight is 541 g/mol. The minimum atomic E-state index is -0.192. The summed E-state index contributed by atoms with van der Waals surface area (Å²) in [6.45, 7) is 13.5. The Labute approximate surface area is 236 Å². The van der Waals surface area contributed by atoms with Gasteiger partial charge in [0.25, 0.3) is 0 Å². The number of phenols is 1. The van der Waals surface area contributed by atoms with Gasteiger partial charge in [-0.05, 0) is 103 Å². The lowest BCUT2D eigenvalue weighted by Crippen LogP contribution is -2.44. The number of rotatable bonds is 13. The Balaban J connectivity index is 1.51. The van der Waals surface area contributed by atoms with E-state index in [1.165, 1.54) is 16.7 Å². The van der Waals surface area contributed by atoms with Crippen LogP contribution in [0.1, 0.15) is 82.4 Å². The Morgan fingerprint density at radius 3 is 2.23 bits per heavy atom. The highest BCUT2D eigenvalue weighted by molar-refractivity contribution is 5.54. The molecular formula is C33H52N2O4. The normalized spacial score (nSPS) is 21.0. The fourth-order valence-electron chi connectivity index (χ4n) is 5.62. The van der Waals surface area contributed by atoms with Crippen LogP contribution in [-0.2, 0) is 13.0 Å². The maximum absolute atomic E-state index is 10.8. The predicted molar refractivity (Wildman–Crippen MR) is 160 cm³/mol. The highest BCUT2D eigenvalue weighted by Gasteiger charge is 2.34. The van der Waals surface area contributed by atoms with Crippen LogP contribution in [0.3, 0.4) is 0 Å². The number of aryl methyl sites for hydroxylation is 1. The molecule has 2 aliphatic rings. The van der Waals surface area contributed by atoms with Crippen LogP contribution in [0.15, 0.2) is 41.0 Å². The second-order valence-corrected chi connectivity index (χ2v) is 12.0. The smallest absolute Gasteiger partial charge is 0.126 e. The van der Waals surface area contributed by atoms with Gasteiger partial charge in [-0.25, -0.2) is 0 Å². The van der Waals surface area contributed by atoms with E-state index in [2.05, 4.69) is 56.7 Å². The molecule has 218 valence electrons. The zero-order valence-corrected chi connectivity index (χ0v) is 25.1. The van der Waals surface area contributed by atoms with Crippen LogP contribution in [0.5, 0.6) is 11.5 Å². The molecule has 1 aromatic rings. The lowest BCUT2D eigenvalue weighted by molar-refractivity contribution is 0.0553. The van der Waals surface area contributed by atoms with Gasteiger partial charge in [0.15, 0.2) is 0 Å². The monoisotopic (exact) mass is 540 g/mol. The summed E-state index contributed by atoms with van der Waals surface area (Å²) in [7, 11) is 2.17. The predicted octanol–water partition coefficient (Wildman–Crippen LogP) is 5.68. The van der Waals surface area contributed by atoms with Gasteiger partial charge in [0, 0.05) is 43.9 Å². The van der Waals surface area contributed by atoms with E-state index in [9.17, 15) is 5.11 Å². The van der Waals surface area contributed by atoms with Crippen LogP contribution in [0, 0.1) is 6.92 Å². The van der Waals surface area contributed by atoms with Crippen LogP contribution in [0.25, 0.3) is 0 Å². The summed E-state index contributed by atoms with van der Waals surface area (Å²) in [6, 6.07) is 1.89. The van der Waals surface area contributed by atoms with Gasteiger partial charge in [-0.3, -0.25) is 4.90 Å². The van der Waals surface area contributed by atoms with Crippen molar-refractivity contribution in [3.63, 3.8) is 0 Å². The number of nitrogens with zero attached hydrogens (tertiary/aromatic N) is 2. The number of aliphatic hydroxyl groups is 2. The number of likely N-dealkylation sites (N-methyl/N-ethyl adjacent to an activating group) is 1. The Hall–Kier alpha value is -2.12. The minimum absolute atomic E-state index is 0.0685. The fraction of sp³-hybridized carbons (Fsp3) is 0.636. The van der Waals surface area contributed by atoms with Crippen molar-refractivity contribution >= 4 is 0 Å². The van der Waals surface area contributed by atoms with Crippen LogP contribution in [0.2, 0.25) is 0 Å². The number of aromatic hydroxyl groups is 1. The van der Waals surface area contributed by atoms with E-state index in [-0.39, 0.29) is 18.8 Å². The topological polar surface area (TPSA) is 76.4 Å². The third-order valence-electron chi connectivity index (χ3n) is 8.46. The standard InChI is InChI=1S/C33H52N2O4/c1-25(11-7-13-28(23-36)24-37)9-6-10-26(2)12-8-15-33(4)16-14-29-30(22-35-19-17-34(5)18-20-35)31(38)21-27(3)32(29)39-33/h9,12-13,21,36-38H,6-8,10-11,14-20,22-24H2,1-5H3/b25-9+,26-12+/t33-/m1/s1. The average Bonchev–Trinajstić information content (AvgIpc) is 2.90. The second kappa shape index (κ2) is 15.0. The molecule has 1 atom stereocenters. The number of hydrogen-bond donors (Lipinski definition) is 3. The number of allylic oxidation sites excluding steroid dienone is 5. The molecule has 0 spiro atoms. The van der Waals surface area contributed by atoms with Gasteiger partial charge in [0.1, 0.15) is 17.1 Å². The van der Waals surface area contributed by atoms with Gasteiger partial charge in [0.05, 0.1) is 13.2 Å². The minimum Gasteiger partial charge on any atom is -0.508 e. The van der Waals surface area contributed by atoms with E-state index >= 15 is 0 Å². The molecule has 6 heteroatoms. The Bertz CT molecular complexity index is 1030. The van der Waals surface area contributed by atoms with Gasteiger partial charge >= 0.3 is 0 Å². The molecule has 2 heterocycles. The number of aliphatic hydroxyl groups excluding tert-OH is 2. The first-order valence-corrected chi connectivity index (χ1v) is 14.8. The molecular weight excluding hydrogens is 488 g/mol. The Morgan fingerprint density at radius 1 is 0.974 bits per heavy atom. The van der Waals surface area contributed by atoms with Crippen LogP contribution in [-0.4, -0.2) is 77.2 Å². The first-order chi connectivity index (χ1) is 18.6. The van der Waals surface area contributed by atoms with E-state index in [1.807, 2.05) is 12.1 Å². The van der Waals surface area contributed by atoms with Crippen molar-refractivity contribution in [1.82, 2.24) is 9.80 Å². The van der Waals surface area contributed by atoms with Gasteiger partial charge in [-0.15, -0.1) is 0 Å². The van der Waals surface area contributed by atoms with Crippen molar-refractivity contribution in [2.75, 3.05) is 46.4 Å². The highest BCUT2D eigenvalue weighted by Crippen LogP contribution is 2.43. The maximum Gasteiger partial charge on any atom is 0.126 e. The van der Waals surface area contributed by atoms with Crippen LogP contribution in [0.4, 0.5) is 0 Å². The summed E-state index contributed by atoms with van der Waals surface area (Å²) in [4.78, 5) is 4.81. The first-order valence-electron chi connectivity index (χ1n) is 14.8. The Kier molecular flexibility index (Phi) is 12.1. The first kappa shape index (κ1) is 31.4. The lowest BCUT2D eigenvalue weighted by Gasteiger charge is -2.39. The molecule has 0 radical (unpaired) electrons. The van der Waals surface area contributed by atoms with E-state index in [4.69, 9.17) is 14.9 Å². The van der Waals surface area contributed by atoms with E-state index in [0.29, 0.717) is 11.3 Å². The van der Waals surface area contributed by atoms with Crippen LogP contribution >= 0.6 is 0 Å². The number of piperazine rings is 1. The molecule has 2 aliphatic heterocycles. The number of fused-ring (bicyclic) bond motifs is 1. The van der Waals surface area contributed by atoms with Gasteiger partial charge in [0.2, 0.25) is 0 Å². The zero-order chi connectivity index (χ0) is 28.4. The van der Waals surface area contributed by atoms with Crippen molar-refractivity contribution in [2.45, 2.75) is 91.2 Å². The van der Waals surface area contributed by atoms with Gasteiger partial charge < -0.3 is 25.0 Å². The van der Waals surface area contributed by atoms with Crippen molar-refractivity contribution in [3.05, 3.63) is 57.7 Å².